The van der Waals surface area contributed by atoms with Crippen molar-refractivity contribution in [1.82, 2.24) is 0 Å². The molecule has 0 unspecified atom stereocenters. The van der Waals surface area contributed by atoms with Gasteiger partial charge in [-0.2, -0.15) is 0 Å². The minimum Gasteiger partial charge on any atom is -0.308 e. The summed E-state index contributed by atoms with van der Waals surface area (Å²) in [5.41, 5.74) is 1.25. The molecular formula is C37H28NO3PS. The maximum atomic E-state index is 16.5. The molecule has 0 aromatic heterocycles. The topological polar surface area (TPSA) is 63.2 Å². The average molecular weight is 598 g/mol. The van der Waals surface area contributed by atoms with Gasteiger partial charge >= 0.3 is 0 Å². The van der Waals surface area contributed by atoms with E-state index in [4.69, 9.17) is 0 Å². The molecule has 0 saturated heterocycles. The van der Waals surface area contributed by atoms with Gasteiger partial charge in [-0.3, -0.25) is 4.72 Å². The second-order valence-corrected chi connectivity index (χ2v) is 15.0. The molecule has 6 heteroatoms. The number of hydrogen-bond donors (Lipinski definition) is 1. The second kappa shape index (κ2) is 10.5. The Morgan fingerprint density at radius 3 is 1.53 bits per heavy atom. The predicted molar refractivity (Wildman–Crippen MR) is 180 cm³/mol. The molecule has 0 saturated carbocycles. The van der Waals surface area contributed by atoms with Crippen molar-refractivity contribution in [2.24, 2.45) is 0 Å². The third-order valence-electron chi connectivity index (χ3n) is 8.00. The van der Waals surface area contributed by atoms with Crippen LogP contribution in [0.5, 0.6) is 0 Å². The lowest BCUT2D eigenvalue weighted by Crippen LogP contribution is -2.30. The van der Waals surface area contributed by atoms with Crippen molar-refractivity contribution >= 4 is 71.1 Å². The number of benzene rings is 7. The molecular weight excluding hydrogens is 569 g/mol. The van der Waals surface area contributed by atoms with E-state index in [2.05, 4.69) is 4.72 Å². The molecule has 7 aromatic carbocycles. The molecule has 43 heavy (non-hydrogen) atoms. The number of rotatable bonds is 6. The zero-order chi connectivity index (χ0) is 29.6. The van der Waals surface area contributed by atoms with Gasteiger partial charge in [0, 0.05) is 10.6 Å². The summed E-state index contributed by atoms with van der Waals surface area (Å²) in [5, 5.41) is 7.04. The second-order valence-electron chi connectivity index (χ2n) is 10.7. The fourth-order valence-electron chi connectivity index (χ4n) is 5.93. The Hall–Kier alpha value is -4.70. The van der Waals surface area contributed by atoms with Gasteiger partial charge in [-0.25, -0.2) is 8.42 Å². The van der Waals surface area contributed by atoms with Gasteiger partial charge in [0.2, 0.25) is 0 Å². The van der Waals surface area contributed by atoms with Gasteiger partial charge in [0.05, 0.1) is 15.9 Å². The van der Waals surface area contributed by atoms with Crippen molar-refractivity contribution in [2.75, 3.05) is 4.72 Å². The maximum Gasteiger partial charge on any atom is 0.261 e. The SMILES string of the molecule is Cc1ccc(S(=O)(=O)Nc2ccc3ccccc3c2P(=O)(c2cccc3ccccc23)c2cccc3ccccc23)cc1. The van der Waals surface area contributed by atoms with Gasteiger partial charge in [-0.15, -0.1) is 0 Å². The zero-order valence-corrected chi connectivity index (χ0v) is 25.1. The Morgan fingerprint density at radius 2 is 0.977 bits per heavy atom. The Morgan fingerprint density at radius 1 is 0.512 bits per heavy atom. The zero-order valence-electron chi connectivity index (χ0n) is 23.4. The van der Waals surface area contributed by atoms with Gasteiger partial charge < -0.3 is 4.57 Å². The lowest BCUT2D eigenvalue weighted by molar-refractivity contribution is 0.593. The lowest BCUT2D eigenvalue weighted by atomic mass is 10.1. The first-order chi connectivity index (χ1) is 20.9. The molecule has 7 rings (SSSR count). The fraction of sp³-hybridized carbons (Fsp3) is 0.0270. The van der Waals surface area contributed by atoms with E-state index in [0.717, 1.165) is 37.9 Å². The van der Waals surface area contributed by atoms with Gasteiger partial charge in [0.15, 0.2) is 7.14 Å². The van der Waals surface area contributed by atoms with Gasteiger partial charge in [0.1, 0.15) is 0 Å². The molecule has 4 nitrogen and oxygen atoms in total. The molecule has 0 bridgehead atoms. The molecule has 0 heterocycles. The van der Waals surface area contributed by atoms with E-state index in [1.165, 1.54) is 0 Å². The van der Waals surface area contributed by atoms with Gasteiger partial charge in [0.25, 0.3) is 10.0 Å². The minimum absolute atomic E-state index is 0.141. The Balaban J connectivity index is 1.62. The smallest absolute Gasteiger partial charge is 0.261 e. The summed E-state index contributed by atoms with van der Waals surface area (Å²) in [6, 6.07) is 45.6. The molecule has 0 radical (unpaired) electrons. The minimum atomic E-state index is -4.00. The van der Waals surface area contributed by atoms with Crippen LogP contribution in [0.2, 0.25) is 0 Å². The molecule has 0 aliphatic carbocycles. The van der Waals surface area contributed by atoms with E-state index < -0.39 is 17.2 Å². The van der Waals surface area contributed by atoms with Crippen LogP contribution in [0.25, 0.3) is 32.3 Å². The lowest BCUT2D eigenvalue weighted by Gasteiger charge is -2.27. The summed E-state index contributed by atoms with van der Waals surface area (Å²) < 4.78 is 47.0. The van der Waals surface area contributed by atoms with Crippen LogP contribution in [0.4, 0.5) is 5.69 Å². The van der Waals surface area contributed by atoms with E-state index in [1.54, 1.807) is 30.3 Å². The quantitative estimate of drug-likeness (QED) is 0.198. The standard InChI is InChI=1S/C37H28NO3PS/c1-26-20-23-30(24-21-26)43(40,41)38-34-25-22-29-12-4-7-17-33(29)37(34)42(39,35-18-8-13-27-10-2-5-15-31(27)35)36-19-9-14-28-11-3-6-16-32(28)36/h2-25,38H,1H3. The van der Waals surface area contributed by atoms with E-state index >= 15 is 4.57 Å². The molecule has 0 fully saturated rings. The van der Waals surface area contributed by atoms with Crippen LogP contribution >= 0.6 is 7.14 Å². The van der Waals surface area contributed by atoms with Crippen molar-refractivity contribution in [3.63, 3.8) is 0 Å². The Kier molecular flexibility index (Phi) is 6.65. The first-order valence-corrected chi connectivity index (χ1v) is 17.2. The van der Waals surface area contributed by atoms with E-state index in [9.17, 15) is 8.42 Å². The molecule has 1 N–H and O–H groups in total. The molecule has 0 atom stereocenters. The van der Waals surface area contributed by atoms with Crippen LogP contribution in [0.1, 0.15) is 5.56 Å². The summed E-state index contributed by atoms with van der Waals surface area (Å²) in [7, 11) is -7.77. The van der Waals surface area contributed by atoms with Crippen LogP contribution in [0, 0.1) is 6.92 Å². The first kappa shape index (κ1) is 27.2. The van der Waals surface area contributed by atoms with E-state index in [0.29, 0.717) is 21.6 Å². The van der Waals surface area contributed by atoms with Crippen molar-refractivity contribution in [3.8, 4) is 0 Å². The largest absolute Gasteiger partial charge is 0.308 e. The first-order valence-electron chi connectivity index (χ1n) is 14.0. The Labute approximate surface area is 251 Å². The van der Waals surface area contributed by atoms with E-state index in [-0.39, 0.29) is 4.90 Å². The highest BCUT2D eigenvalue weighted by Crippen LogP contribution is 2.50. The molecule has 0 amide bonds. The molecule has 0 spiro atoms. The van der Waals surface area contributed by atoms with Crippen molar-refractivity contribution in [2.45, 2.75) is 11.8 Å². The third-order valence-corrected chi connectivity index (χ3v) is 12.6. The summed E-state index contributed by atoms with van der Waals surface area (Å²) in [5.74, 6) is 0. The molecule has 0 aliphatic rings. The van der Waals surface area contributed by atoms with E-state index in [1.807, 2.05) is 122 Å². The van der Waals surface area contributed by atoms with Gasteiger partial charge in [-0.05, 0) is 57.4 Å². The molecule has 0 aliphatic heterocycles. The highest BCUT2D eigenvalue weighted by atomic mass is 32.2. The summed E-state index contributed by atoms with van der Waals surface area (Å²) in [4.78, 5) is 0.141. The summed E-state index contributed by atoms with van der Waals surface area (Å²) in [6.45, 7) is 1.91. The van der Waals surface area contributed by atoms with Crippen LogP contribution in [-0.2, 0) is 14.6 Å². The number of aryl methyl sites for hydroxylation is 1. The van der Waals surface area contributed by atoms with Crippen LogP contribution in [0.3, 0.4) is 0 Å². The summed E-state index contributed by atoms with van der Waals surface area (Å²) >= 11 is 0. The average Bonchev–Trinajstić information content (AvgIpc) is 3.04. The number of nitrogens with one attached hydrogen (secondary N) is 1. The van der Waals surface area contributed by atoms with Crippen molar-refractivity contribution < 1.29 is 13.0 Å². The van der Waals surface area contributed by atoms with Crippen LogP contribution < -0.4 is 20.6 Å². The number of hydrogen-bond acceptors (Lipinski definition) is 3. The van der Waals surface area contributed by atoms with Crippen molar-refractivity contribution in [1.29, 1.82) is 0 Å². The fourth-order valence-corrected chi connectivity index (χ4v) is 10.5. The summed E-state index contributed by atoms with van der Waals surface area (Å²) in [6.07, 6.45) is 0. The van der Waals surface area contributed by atoms with Gasteiger partial charge in [-0.1, -0.05) is 133 Å². The maximum absolute atomic E-state index is 16.5. The van der Waals surface area contributed by atoms with Crippen LogP contribution in [-0.4, -0.2) is 8.42 Å². The van der Waals surface area contributed by atoms with Crippen molar-refractivity contribution in [3.05, 3.63) is 151 Å². The third kappa shape index (κ3) is 4.62. The Bertz CT molecular complexity index is 2240. The number of anilines is 1. The monoisotopic (exact) mass is 597 g/mol. The number of sulfonamides is 1. The van der Waals surface area contributed by atoms with Crippen LogP contribution in [0.15, 0.2) is 150 Å². The predicted octanol–water partition coefficient (Wildman–Crippen LogP) is 7.89. The number of fused-ring (bicyclic) bond motifs is 3. The molecule has 7 aromatic rings. The highest BCUT2D eigenvalue weighted by molar-refractivity contribution is 7.93. The molecule has 210 valence electrons. The highest BCUT2D eigenvalue weighted by Gasteiger charge is 2.37. The normalized spacial score (nSPS) is 12.1.